The minimum atomic E-state index is -0.432. The van der Waals surface area contributed by atoms with Crippen LogP contribution in [0, 0.1) is 6.92 Å². The minimum Gasteiger partial charge on any atom is -0.465 e. The van der Waals surface area contributed by atoms with Crippen molar-refractivity contribution in [2.75, 3.05) is 12.4 Å². The Morgan fingerprint density at radius 3 is 2.77 bits per heavy atom. The highest BCUT2D eigenvalue weighted by Gasteiger charge is 2.14. The number of carbonyl (C=O) groups excluding carboxylic acids is 2. The van der Waals surface area contributed by atoms with Gasteiger partial charge < -0.3 is 10.1 Å². The number of anilines is 1. The highest BCUT2D eigenvalue weighted by molar-refractivity contribution is 9.10. The lowest BCUT2D eigenvalue weighted by Crippen LogP contribution is -2.40. The van der Waals surface area contributed by atoms with Gasteiger partial charge in [0.25, 0.3) is 5.91 Å². The van der Waals surface area contributed by atoms with Gasteiger partial charge in [0.15, 0.2) is 12.4 Å². The number of amides is 1. The Balaban J connectivity index is 2.05. The maximum atomic E-state index is 12.1. The number of nitrogens with zero attached hydrogens (tertiary/aromatic N) is 1. The Bertz CT molecular complexity index is 716. The number of benzene rings is 1. The third kappa shape index (κ3) is 4.14. The predicted octanol–water partition coefficient (Wildman–Crippen LogP) is 2.47. The molecule has 0 fully saturated rings. The number of esters is 1. The van der Waals surface area contributed by atoms with Gasteiger partial charge in [0, 0.05) is 16.2 Å². The van der Waals surface area contributed by atoms with E-state index in [9.17, 15) is 9.59 Å². The van der Waals surface area contributed by atoms with E-state index >= 15 is 0 Å². The van der Waals surface area contributed by atoms with Crippen LogP contribution in [0.4, 0.5) is 5.69 Å². The molecule has 114 valence electrons. The monoisotopic (exact) mass is 363 g/mol. The number of halogens is 1. The number of methoxy groups -OCH3 is 1. The van der Waals surface area contributed by atoms with Gasteiger partial charge in [-0.2, -0.15) is 4.57 Å². The highest BCUT2D eigenvalue weighted by atomic mass is 79.9. The SMILES string of the molecule is COC(=O)c1ccc[n+](CC(=O)Nc2ccc(Br)c(C)c2)c1. The number of pyridine rings is 1. The first kappa shape index (κ1) is 16.2. The topological polar surface area (TPSA) is 59.3 Å². The molecule has 0 saturated heterocycles. The molecule has 0 spiro atoms. The molecule has 5 nitrogen and oxygen atoms in total. The average molecular weight is 364 g/mol. The van der Waals surface area contributed by atoms with E-state index in [1.807, 2.05) is 25.1 Å². The van der Waals surface area contributed by atoms with Gasteiger partial charge in [-0.15, -0.1) is 0 Å². The maximum absolute atomic E-state index is 12.1. The molecule has 6 heteroatoms. The first-order chi connectivity index (χ1) is 10.5. The first-order valence-electron chi connectivity index (χ1n) is 6.63. The molecule has 0 unspecified atom stereocenters. The van der Waals surface area contributed by atoms with Crippen molar-refractivity contribution in [1.82, 2.24) is 0 Å². The van der Waals surface area contributed by atoms with Crippen LogP contribution < -0.4 is 9.88 Å². The van der Waals surface area contributed by atoms with E-state index < -0.39 is 5.97 Å². The van der Waals surface area contributed by atoms with Crippen LogP contribution in [0.25, 0.3) is 0 Å². The molecular weight excluding hydrogens is 348 g/mol. The maximum Gasteiger partial charge on any atom is 0.343 e. The normalized spacial score (nSPS) is 10.1. The van der Waals surface area contributed by atoms with E-state index in [4.69, 9.17) is 0 Å². The standard InChI is InChI=1S/C16H15BrN2O3/c1-11-8-13(5-6-14(11)17)18-15(20)10-19-7-3-4-12(9-19)16(21)22-2/h3-9H,10H2,1-2H3/p+1. The molecule has 1 aromatic heterocycles. The number of hydrogen-bond acceptors (Lipinski definition) is 3. The van der Waals surface area contributed by atoms with Crippen molar-refractivity contribution in [2.45, 2.75) is 13.5 Å². The summed E-state index contributed by atoms with van der Waals surface area (Å²) in [4.78, 5) is 23.5. The fraction of sp³-hybridized carbons (Fsp3) is 0.188. The molecule has 0 atom stereocenters. The van der Waals surface area contributed by atoms with Crippen molar-refractivity contribution >= 4 is 33.5 Å². The zero-order chi connectivity index (χ0) is 16.1. The average Bonchev–Trinajstić information content (AvgIpc) is 2.50. The molecule has 1 amide bonds. The summed E-state index contributed by atoms with van der Waals surface area (Å²) in [5, 5.41) is 2.82. The van der Waals surface area contributed by atoms with Gasteiger partial charge >= 0.3 is 5.97 Å². The van der Waals surface area contributed by atoms with Crippen LogP contribution >= 0.6 is 15.9 Å². The summed E-state index contributed by atoms with van der Waals surface area (Å²) in [6.07, 6.45) is 3.30. The molecule has 0 aliphatic carbocycles. The summed E-state index contributed by atoms with van der Waals surface area (Å²) in [5.74, 6) is -0.605. The van der Waals surface area contributed by atoms with E-state index in [1.54, 1.807) is 29.1 Å². The molecule has 0 radical (unpaired) electrons. The first-order valence-corrected chi connectivity index (χ1v) is 7.42. The van der Waals surface area contributed by atoms with Crippen molar-refractivity contribution in [2.24, 2.45) is 0 Å². The van der Waals surface area contributed by atoms with Crippen LogP contribution in [-0.2, 0) is 16.1 Å². The Morgan fingerprint density at radius 2 is 2.09 bits per heavy atom. The summed E-state index contributed by atoms with van der Waals surface area (Å²) in [7, 11) is 1.32. The van der Waals surface area contributed by atoms with Gasteiger partial charge in [-0.25, -0.2) is 4.79 Å². The Morgan fingerprint density at radius 1 is 1.32 bits per heavy atom. The number of carbonyl (C=O) groups is 2. The van der Waals surface area contributed by atoms with Crippen molar-refractivity contribution in [3.8, 4) is 0 Å². The Hall–Kier alpha value is -2.21. The molecular formula is C16H16BrN2O3+. The summed E-state index contributed by atoms with van der Waals surface area (Å²) < 4.78 is 7.28. The van der Waals surface area contributed by atoms with Gasteiger partial charge in [0.05, 0.1) is 7.11 Å². The second-order valence-corrected chi connectivity index (χ2v) is 5.62. The lowest BCUT2D eigenvalue weighted by Gasteiger charge is -2.05. The fourth-order valence-electron chi connectivity index (χ4n) is 1.95. The lowest BCUT2D eigenvalue weighted by atomic mass is 10.2. The van der Waals surface area contributed by atoms with E-state index in [1.165, 1.54) is 7.11 Å². The fourth-order valence-corrected chi connectivity index (χ4v) is 2.19. The van der Waals surface area contributed by atoms with Gasteiger partial charge in [0.1, 0.15) is 5.56 Å². The number of nitrogens with one attached hydrogen (secondary N) is 1. The van der Waals surface area contributed by atoms with Gasteiger partial charge in [-0.3, -0.25) is 4.79 Å². The van der Waals surface area contributed by atoms with E-state index in [2.05, 4.69) is 26.0 Å². The van der Waals surface area contributed by atoms with Gasteiger partial charge in [-0.1, -0.05) is 15.9 Å². The van der Waals surface area contributed by atoms with Crippen molar-refractivity contribution in [3.05, 3.63) is 58.3 Å². The van der Waals surface area contributed by atoms with Crippen LogP contribution in [0.3, 0.4) is 0 Å². The summed E-state index contributed by atoms with van der Waals surface area (Å²) >= 11 is 3.42. The molecule has 0 saturated carbocycles. The highest BCUT2D eigenvalue weighted by Crippen LogP contribution is 2.19. The minimum absolute atomic E-state index is 0.111. The quantitative estimate of drug-likeness (QED) is 0.670. The molecule has 0 aliphatic heterocycles. The zero-order valence-corrected chi connectivity index (χ0v) is 13.9. The van der Waals surface area contributed by atoms with Crippen molar-refractivity contribution < 1.29 is 18.9 Å². The van der Waals surface area contributed by atoms with E-state index in [0.29, 0.717) is 5.56 Å². The molecule has 22 heavy (non-hydrogen) atoms. The molecule has 2 aromatic rings. The van der Waals surface area contributed by atoms with E-state index in [0.717, 1.165) is 15.7 Å². The van der Waals surface area contributed by atoms with Gasteiger partial charge in [-0.05, 0) is 36.8 Å². The second-order valence-electron chi connectivity index (χ2n) is 4.77. The third-order valence-corrected chi connectivity index (χ3v) is 3.94. The van der Waals surface area contributed by atoms with Crippen LogP contribution in [-0.4, -0.2) is 19.0 Å². The van der Waals surface area contributed by atoms with Gasteiger partial charge in [0.2, 0.25) is 6.54 Å². The second kappa shape index (κ2) is 7.17. The van der Waals surface area contributed by atoms with Crippen molar-refractivity contribution in [3.63, 3.8) is 0 Å². The van der Waals surface area contributed by atoms with Crippen LogP contribution in [0.5, 0.6) is 0 Å². The van der Waals surface area contributed by atoms with Crippen LogP contribution in [0.15, 0.2) is 47.2 Å². The summed E-state index contributed by atoms with van der Waals surface area (Å²) in [5.41, 5.74) is 2.17. The smallest absolute Gasteiger partial charge is 0.343 e. The molecule has 1 aromatic carbocycles. The largest absolute Gasteiger partial charge is 0.465 e. The number of ether oxygens (including phenoxy) is 1. The number of hydrogen-bond donors (Lipinski definition) is 1. The van der Waals surface area contributed by atoms with Crippen molar-refractivity contribution in [1.29, 1.82) is 0 Å². The number of aryl methyl sites for hydroxylation is 1. The number of aromatic nitrogens is 1. The summed E-state index contributed by atoms with van der Waals surface area (Å²) in [6, 6.07) is 8.93. The van der Waals surface area contributed by atoms with Crippen LogP contribution in [0.1, 0.15) is 15.9 Å². The van der Waals surface area contributed by atoms with Crippen LogP contribution in [0.2, 0.25) is 0 Å². The predicted molar refractivity (Wildman–Crippen MR) is 85.5 cm³/mol. The molecule has 0 bridgehead atoms. The summed E-state index contributed by atoms with van der Waals surface area (Å²) in [6.45, 7) is 2.06. The third-order valence-electron chi connectivity index (χ3n) is 3.05. The van der Waals surface area contributed by atoms with E-state index in [-0.39, 0.29) is 12.5 Å². The Kier molecular flexibility index (Phi) is 5.27. The lowest BCUT2D eigenvalue weighted by molar-refractivity contribution is -0.684. The molecule has 1 N–H and O–H groups in total. The molecule has 0 aliphatic rings. The molecule has 2 rings (SSSR count). The molecule has 1 heterocycles. The number of rotatable bonds is 4. The Labute approximate surface area is 137 Å². The zero-order valence-electron chi connectivity index (χ0n) is 12.3.